The molecule has 2 aromatic rings. The van der Waals surface area contributed by atoms with E-state index in [1.807, 2.05) is 30.3 Å². The lowest BCUT2D eigenvalue weighted by Crippen LogP contribution is -2.35. The molecule has 5 nitrogen and oxygen atoms in total. The number of halogens is 2. The predicted octanol–water partition coefficient (Wildman–Crippen LogP) is 3.08. The van der Waals surface area contributed by atoms with E-state index < -0.39 is 27.9 Å². The van der Waals surface area contributed by atoms with Gasteiger partial charge in [0.2, 0.25) is 0 Å². The third-order valence-corrected chi connectivity index (χ3v) is 4.47. The number of hydrogen-bond acceptors (Lipinski definition) is 5. The zero-order valence-corrected chi connectivity index (χ0v) is 13.4. The standard InChI is InChI=1S/C16H14F2O5S/c1-22-24(20,21)16(17,18)11-23-15(19)14-9-7-13(8-10-14)12-5-3-2-4-6-12/h2-10H,11H2,1H3. The Morgan fingerprint density at radius 1 is 1.00 bits per heavy atom. The van der Waals surface area contributed by atoms with E-state index in [4.69, 9.17) is 0 Å². The molecule has 0 heterocycles. The maximum absolute atomic E-state index is 13.4. The Kier molecular flexibility index (Phi) is 5.30. The highest BCUT2D eigenvalue weighted by molar-refractivity contribution is 7.87. The Morgan fingerprint density at radius 2 is 1.54 bits per heavy atom. The highest BCUT2D eigenvalue weighted by Crippen LogP contribution is 2.24. The molecule has 0 fully saturated rings. The van der Waals surface area contributed by atoms with E-state index >= 15 is 0 Å². The Labute approximate surface area is 138 Å². The molecule has 0 aliphatic carbocycles. The van der Waals surface area contributed by atoms with E-state index in [2.05, 4.69) is 8.92 Å². The van der Waals surface area contributed by atoms with Crippen molar-refractivity contribution in [3.8, 4) is 11.1 Å². The summed E-state index contributed by atoms with van der Waals surface area (Å²) in [6.45, 7) is -1.62. The SMILES string of the molecule is COS(=O)(=O)C(F)(F)COC(=O)c1ccc(-c2ccccc2)cc1. The number of rotatable bonds is 6. The van der Waals surface area contributed by atoms with Gasteiger partial charge in [0.05, 0.1) is 12.7 Å². The molecule has 0 radical (unpaired) electrons. The Hall–Kier alpha value is -2.32. The summed E-state index contributed by atoms with van der Waals surface area (Å²) >= 11 is 0. The van der Waals surface area contributed by atoms with Crippen molar-refractivity contribution >= 4 is 16.1 Å². The number of hydrogen-bond donors (Lipinski definition) is 0. The van der Waals surface area contributed by atoms with Crippen LogP contribution in [0, 0.1) is 0 Å². The molecule has 8 heteroatoms. The molecular formula is C16H14F2O5S. The van der Waals surface area contributed by atoms with Crippen molar-refractivity contribution in [1.82, 2.24) is 0 Å². The van der Waals surface area contributed by atoms with Gasteiger partial charge in [-0.15, -0.1) is 0 Å². The first kappa shape index (κ1) is 18.0. The largest absolute Gasteiger partial charge is 0.454 e. The molecule has 0 aliphatic rings. The lowest BCUT2D eigenvalue weighted by Gasteiger charge is -2.15. The van der Waals surface area contributed by atoms with Crippen LogP contribution < -0.4 is 0 Å². The van der Waals surface area contributed by atoms with Crippen LogP contribution in [0.25, 0.3) is 11.1 Å². The summed E-state index contributed by atoms with van der Waals surface area (Å²) in [7, 11) is -4.52. The van der Waals surface area contributed by atoms with E-state index in [1.165, 1.54) is 12.1 Å². The molecule has 0 unspecified atom stereocenters. The molecule has 0 saturated carbocycles. The summed E-state index contributed by atoms with van der Waals surface area (Å²) in [6.07, 6.45) is 0. The van der Waals surface area contributed by atoms with Gasteiger partial charge in [0.1, 0.15) is 0 Å². The van der Waals surface area contributed by atoms with Crippen LogP contribution in [-0.4, -0.2) is 33.4 Å². The van der Waals surface area contributed by atoms with Gasteiger partial charge in [-0.25, -0.2) is 4.79 Å². The number of carbonyl (C=O) groups is 1. The van der Waals surface area contributed by atoms with Crippen LogP contribution in [0.2, 0.25) is 0 Å². The Morgan fingerprint density at radius 3 is 2.08 bits per heavy atom. The molecule has 0 aliphatic heterocycles. The maximum atomic E-state index is 13.4. The second kappa shape index (κ2) is 7.06. The summed E-state index contributed by atoms with van der Waals surface area (Å²) in [5.41, 5.74) is 1.79. The molecule has 0 aromatic heterocycles. The first-order valence-electron chi connectivity index (χ1n) is 6.77. The fraction of sp³-hybridized carbons (Fsp3) is 0.188. The van der Waals surface area contributed by atoms with Gasteiger partial charge >= 0.3 is 21.3 Å². The van der Waals surface area contributed by atoms with Gasteiger partial charge < -0.3 is 4.74 Å². The third kappa shape index (κ3) is 3.95. The van der Waals surface area contributed by atoms with Gasteiger partial charge in [-0.1, -0.05) is 42.5 Å². The van der Waals surface area contributed by atoms with E-state index in [0.29, 0.717) is 7.11 Å². The zero-order valence-electron chi connectivity index (χ0n) is 12.6. The molecule has 0 bridgehead atoms. The smallest absolute Gasteiger partial charge is 0.403 e. The van der Waals surface area contributed by atoms with Crippen molar-refractivity contribution < 1.29 is 30.9 Å². The monoisotopic (exact) mass is 356 g/mol. The molecule has 0 amide bonds. The highest BCUT2D eigenvalue weighted by atomic mass is 32.2. The topological polar surface area (TPSA) is 69.7 Å². The molecule has 128 valence electrons. The minimum absolute atomic E-state index is 0.0281. The third-order valence-electron chi connectivity index (χ3n) is 3.18. The van der Waals surface area contributed by atoms with Crippen molar-refractivity contribution in [3.63, 3.8) is 0 Å². The highest BCUT2D eigenvalue weighted by Gasteiger charge is 2.47. The molecule has 0 atom stereocenters. The van der Waals surface area contributed by atoms with Crippen LogP contribution in [-0.2, 0) is 19.0 Å². The molecule has 2 rings (SSSR count). The Bertz CT molecular complexity index is 802. The lowest BCUT2D eigenvalue weighted by molar-refractivity contribution is -0.0106. The molecule has 24 heavy (non-hydrogen) atoms. The van der Waals surface area contributed by atoms with Gasteiger partial charge in [0, 0.05) is 0 Å². The summed E-state index contributed by atoms with van der Waals surface area (Å²) in [6, 6.07) is 15.4. The molecule has 0 spiro atoms. The van der Waals surface area contributed by atoms with E-state index in [1.54, 1.807) is 12.1 Å². The second-order valence-electron chi connectivity index (χ2n) is 4.78. The predicted molar refractivity (Wildman–Crippen MR) is 83.0 cm³/mol. The van der Waals surface area contributed by atoms with E-state index in [-0.39, 0.29) is 5.56 Å². The van der Waals surface area contributed by atoms with Crippen molar-refractivity contribution in [3.05, 3.63) is 60.2 Å². The van der Waals surface area contributed by atoms with Crippen LogP contribution in [0.5, 0.6) is 0 Å². The summed E-state index contributed by atoms with van der Waals surface area (Å²) < 4.78 is 56.9. The fourth-order valence-electron chi connectivity index (χ4n) is 1.86. The van der Waals surface area contributed by atoms with Crippen LogP contribution in [0.4, 0.5) is 8.78 Å². The normalized spacial score (nSPS) is 12.0. The van der Waals surface area contributed by atoms with E-state index in [0.717, 1.165) is 11.1 Å². The fourth-order valence-corrected chi connectivity index (χ4v) is 2.30. The minimum Gasteiger partial charge on any atom is -0.454 e. The second-order valence-corrected chi connectivity index (χ2v) is 6.62. The molecule has 0 saturated heterocycles. The quantitative estimate of drug-likeness (QED) is 0.588. The van der Waals surface area contributed by atoms with Gasteiger partial charge in [-0.3, -0.25) is 4.18 Å². The number of alkyl halides is 2. The average Bonchev–Trinajstić information content (AvgIpc) is 2.60. The van der Waals surface area contributed by atoms with Crippen molar-refractivity contribution in [1.29, 1.82) is 0 Å². The summed E-state index contributed by atoms with van der Waals surface area (Å²) in [5, 5.41) is -4.32. The first-order valence-corrected chi connectivity index (χ1v) is 8.18. The van der Waals surface area contributed by atoms with Crippen LogP contribution in [0.15, 0.2) is 54.6 Å². The zero-order chi connectivity index (χ0) is 17.8. The first-order chi connectivity index (χ1) is 11.3. The Balaban J connectivity index is 2.06. The number of ether oxygens (including phenoxy) is 1. The van der Waals surface area contributed by atoms with E-state index in [9.17, 15) is 22.0 Å². The van der Waals surface area contributed by atoms with Gasteiger partial charge in [-0.05, 0) is 23.3 Å². The molecule has 2 aromatic carbocycles. The number of benzene rings is 2. The van der Waals surface area contributed by atoms with Crippen LogP contribution in [0.1, 0.15) is 10.4 Å². The van der Waals surface area contributed by atoms with Gasteiger partial charge in [-0.2, -0.15) is 17.2 Å². The maximum Gasteiger partial charge on any atom is 0.403 e. The number of carbonyl (C=O) groups excluding carboxylic acids is 1. The molecular weight excluding hydrogens is 342 g/mol. The average molecular weight is 356 g/mol. The van der Waals surface area contributed by atoms with Crippen LogP contribution in [0.3, 0.4) is 0 Å². The summed E-state index contributed by atoms with van der Waals surface area (Å²) in [4.78, 5) is 11.8. The van der Waals surface area contributed by atoms with Crippen molar-refractivity contribution in [2.24, 2.45) is 0 Å². The lowest BCUT2D eigenvalue weighted by atomic mass is 10.0. The summed E-state index contributed by atoms with van der Waals surface area (Å²) in [5.74, 6) is -1.06. The number of esters is 1. The van der Waals surface area contributed by atoms with Crippen LogP contribution >= 0.6 is 0 Å². The van der Waals surface area contributed by atoms with Crippen molar-refractivity contribution in [2.45, 2.75) is 5.25 Å². The minimum atomic E-state index is -5.13. The van der Waals surface area contributed by atoms with Gasteiger partial charge in [0.15, 0.2) is 6.61 Å². The van der Waals surface area contributed by atoms with Crippen molar-refractivity contribution in [2.75, 3.05) is 13.7 Å². The molecule has 0 N–H and O–H groups in total. The van der Waals surface area contributed by atoms with Gasteiger partial charge in [0.25, 0.3) is 0 Å².